The van der Waals surface area contributed by atoms with Crippen molar-refractivity contribution in [2.45, 2.75) is 73.6 Å². The van der Waals surface area contributed by atoms with E-state index in [4.69, 9.17) is 0 Å². The van der Waals surface area contributed by atoms with Crippen molar-refractivity contribution < 1.29 is 0 Å². The van der Waals surface area contributed by atoms with Crippen LogP contribution in [0.15, 0.2) is 22.3 Å². The summed E-state index contributed by atoms with van der Waals surface area (Å²) in [5.41, 5.74) is 7.59. The fourth-order valence-corrected chi connectivity index (χ4v) is 3.49. The van der Waals surface area contributed by atoms with Crippen molar-refractivity contribution in [2.75, 3.05) is 0 Å². The van der Waals surface area contributed by atoms with Crippen molar-refractivity contribution in [3.63, 3.8) is 0 Å². The van der Waals surface area contributed by atoms with Crippen LogP contribution in [0.25, 0.3) is 0 Å². The molecule has 0 aromatic heterocycles. The molecule has 0 heterocycles. The molecule has 0 unspecified atom stereocenters. The summed E-state index contributed by atoms with van der Waals surface area (Å²) in [7, 11) is 0. The number of hydrogen-bond acceptors (Lipinski definition) is 0. The summed E-state index contributed by atoms with van der Waals surface area (Å²) >= 11 is 0. The topological polar surface area (TPSA) is 0 Å². The molecule has 0 saturated heterocycles. The zero-order valence-corrected chi connectivity index (χ0v) is 12.5. The van der Waals surface area contributed by atoms with Crippen LogP contribution in [0.3, 0.4) is 0 Å². The Labute approximate surface area is 107 Å². The zero-order chi connectivity index (χ0) is 12.8. The van der Waals surface area contributed by atoms with Crippen LogP contribution < -0.4 is 0 Å². The van der Waals surface area contributed by atoms with E-state index in [1.807, 2.05) is 0 Å². The maximum atomic E-state index is 2.39. The largest absolute Gasteiger partial charge is 0.0626 e. The summed E-state index contributed by atoms with van der Waals surface area (Å²) in [6.07, 6.45) is 6.77. The predicted octanol–water partition coefficient (Wildman–Crippen LogP) is 5.65. The number of hydrogen-bond donors (Lipinski definition) is 0. The van der Waals surface area contributed by atoms with E-state index in [1.54, 1.807) is 22.3 Å². The van der Waals surface area contributed by atoms with E-state index in [1.165, 1.54) is 32.1 Å². The minimum Gasteiger partial charge on any atom is -0.0626 e. The Morgan fingerprint density at radius 3 is 1.88 bits per heavy atom. The van der Waals surface area contributed by atoms with E-state index in [2.05, 4.69) is 41.5 Å². The van der Waals surface area contributed by atoms with Gasteiger partial charge in [0.2, 0.25) is 0 Å². The van der Waals surface area contributed by atoms with Gasteiger partial charge in [-0.25, -0.2) is 0 Å². The van der Waals surface area contributed by atoms with Gasteiger partial charge < -0.3 is 0 Å². The lowest BCUT2D eigenvalue weighted by molar-refractivity contribution is 0.448. The van der Waals surface area contributed by atoms with Gasteiger partial charge >= 0.3 is 0 Å². The third kappa shape index (κ3) is 2.37. The molecule has 2 rings (SSSR count). The third-order valence-corrected chi connectivity index (χ3v) is 4.23. The van der Waals surface area contributed by atoms with Crippen LogP contribution in [0, 0.1) is 10.8 Å². The van der Waals surface area contributed by atoms with Gasteiger partial charge in [-0.15, -0.1) is 0 Å². The summed E-state index contributed by atoms with van der Waals surface area (Å²) in [5.74, 6) is 0. The quantitative estimate of drug-likeness (QED) is 0.506. The molecule has 0 aliphatic heterocycles. The fraction of sp³-hybridized carbons (Fsp3) is 0.765. The summed E-state index contributed by atoms with van der Waals surface area (Å²) in [6.45, 7) is 14.3. The van der Waals surface area contributed by atoms with Crippen LogP contribution in [0.4, 0.5) is 0 Å². The molecule has 0 spiro atoms. The van der Waals surface area contributed by atoms with Crippen molar-refractivity contribution in [3.8, 4) is 0 Å². The highest BCUT2D eigenvalue weighted by molar-refractivity contribution is 5.52. The minimum absolute atomic E-state index is 0.317. The molecule has 17 heavy (non-hydrogen) atoms. The van der Waals surface area contributed by atoms with Crippen LogP contribution in [-0.4, -0.2) is 0 Å². The monoisotopic (exact) mass is 232 g/mol. The average Bonchev–Trinajstić information content (AvgIpc) is 2.54. The van der Waals surface area contributed by atoms with Crippen molar-refractivity contribution in [2.24, 2.45) is 10.8 Å². The van der Waals surface area contributed by atoms with Crippen molar-refractivity contribution >= 4 is 0 Å². The Morgan fingerprint density at radius 1 is 0.765 bits per heavy atom. The lowest BCUT2D eigenvalue weighted by Crippen LogP contribution is -2.18. The molecule has 0 atom stereocenters. The third-order valence-electron chi connectivity index (χ3n) is 4.23. The van der Waals surface area contributed by atoms with E-state index < -0.39 is 0 Å². The zero-order valence-electron chi connectivity index (χ0n) is 12.5. The van der Waals surface area contributed by atoms with Crippen LogP contribution in [0.1, 0.15) is 73.6 Å². The molecule has 0 N–H and O–H groups in total. The van der Waals surface area contributed by atoms with Crippen LogP contribution in [-0.2, 0) is 0 Å². The standard InChI is InChI=1S/C17H28/c1-16(2,3)14-11-12-9-7-8-10-13(12)15(14)17(4,5)6/h7-11H2,1-6H3. The van der Waals surface area contributed by atoms with Crippen molar-refractivity contribution in [1.82, 2.24) is 0 Å². The summed E-state index contributed by atoms with van der Waals surface area (Å²) < 4.78 is 0. The first-order valence-electron chi connectivity index (χ1n) is 7.16. The van der Waals surface area contributed by atoms with Gasteiger partial charge in [0.15, 0.2) is 0 Å². The van der Waals surface area contributed by atoms with Gasteiger partial charge in [-0.3, -0.25) is 0 Å². The highest BCUT2D eigenvalue weighted by Gasteiger charge is 2.36. The molecule has 0 aromatic carbocycles. The highest BCUT2D eigenvalue weighted by atomic mass is 14.4. The van der Waals surface area contributed by atoms with Crippen LogP contribution in [0.2, 0.25) is 0 Å². The first-order valence-corrected chi connectivity index (χ1v) is 7.16. The molecule has 0 aromatic rings. The molecule has 0 nitrogen and oxygen atoms in total. The van der Waals surface area contributed by atoms with Crippen molar-refractivity contribution in [3.05, 3.63) is 22.3 Å². The van der Waals surface area contributed by atoms with Gasteiger partial charge in [-0.2, -0.15) is 0 Å². The predicted molar refractivity (Wildman–Crippen MR) is 76.0 cm³/mol. The van der Waals surface area contributed by atoms with E-state index >= 15 is 0 Å². The molecular weight excluding hydrogens is 204 g/mol. The van der Waals surface area contributed by atoms with E-state index in [-0.39, 0.29) is 0 Å². The summed E-state index contributed by atoms with van der Waals surface area (Å²) in [5, 5.41) is 0. The van der Waals surface area contributed by atoms with Gasteiger partial charge in [0.05, 0.1) is 0 Å². The van der Waals surface area contributed by atoms with Crippen molar-refractivity contribution in [1.29, 1.82) is 0 Å². The Morgan fingerprint density at radius 2 is 1.35 bits per heavy atom. The van der Waals surface area contributed by atoms with Crippen LogP contribution in [0.5, 0.6) is 0 Å². The molecule has 2 aliphatic rings. The Balaban J connectivity index is 2.50. The molecule has 0 heteroatoms. The highest BCUT2D eigenvalue weighted by Crippen LogP contribution is 2.52. The van der Waals surface area contributed by atoms with Gasteiger partial charge in [0.25, 0.3) is 0 Å². The second kappa shape index (κ2) is 4.00. The van der Waals surface area contributed by atoms with Gasteiger partial charge in [-0.1, -0.05) is 52.7 Å². The fourth-order valence-electron chi connectivity index (χ4n) is 3.49. The summed E-state index contributed by atoms with van der Waals surface area (Å²) in [6, 6.07) is 0. The Hall–Kier alpha value is -0.520. The lowest BCUT2D eigenvalue weighted by atomic mass is 9.74. The van der Waals surface area contributed by atoms with Gasteiger partial charge in [-0.05, 0) is 54.1 Å². The number of rotatable bonds is 0. The molecule has 2 aliphatic carbocycles. The second-order valence-corrected chi connectivity index (χ2v) is 7.82. The van der Waals surface area contributed by atoms with E-state index in [0.29, 0.717) is 10.8 Å². The SMILES string of the molecule is CC(C)(C)C1=C(C(C)(C)C)C2=C(CCCC2)C1. The van der Waals surface area contributed by atoms with E-state index in [0.717, 1.165) is 0 Å². The molecular formula is C17H28. The average molecular weight is 232 g/mol. The van der Waals surface area contributed by atoms with E-state index in [9.17, 15) is 0 Å². The first-order chi connectivity index (χ1) is 7.71. The smallest absolute Gasteiger partial charge is 0.00911 e. The normalized spacial score (nSPS) is 22.2. The molecule has 0 saturated carbocycles. The molecule has 0 amide bonds. The maximum absolute atomic E-state index is 2.39. The molecule has 0 fully saturated rings. The minimum atomic E-state index is 0.317. The Bertz CT molecular complexity index is 377. The maximum Gasteiger partial charge on any atom is -0.00911 e. The first kappa shape index (κ1) is 12.9. The van der Waals surface area contributed by atoms with Crippen LogP contribution >= 0.6 is 0 Å². The van der Waals surface area contributed by atoms with Gasteiger partial charge in [0, 0.05) is 0 Å². The number of allylic oxidation sites excluding steroid dienone is 4. The molecule has 96 valence electrons. The van der Waals surface area contributed by atoms with Gasteiger partial charge in [0.1, 0.15) is 0 Å². The molecule has 0 radical (unpaired) electrons. The lowest BCUT2D eigenvalue weighted by Gasteiger charge is -2.31. The molecule has 0 bridgehead atoms. The second-order valence-electron chi connectivity index (χ2n) is 7.82. The Kier molecular flexibility index (Phi) is 3.04. The summed E-state index contributed by atoms with van der Waals surface area (Å²) in [4.78, 5) is 0.